The lowest BCUT2D eigenvalue weighted by atomic mass is 10.1. The second-order valence-corrected chi connectivity index (χ2v) is 4.78. The Balaban J connectivity index is 3.10. The molecule has 1 rings (SSSR count). The van der Waals surface area contributed by atoms with Crippen molar-refractivity contribution >= 4 is 23.1 Å². The molecule has 0 spiro atoms. The molecule has 0 aromatic carbocycles. The van der Waals surface area contributed by atoms with E-state index < -0.39 is 23.2 Å². The normalized spacial score (nSPS) is 13.0. The van der Waals surface area contributed by atoms with Crippen molar-refractivity contribution in [2.45, 2.75) is 13.1 Å². The van der Waals surface area contributed by atoms with Crippen molar-refractivity contribution in [3.63, 3.8) is 0 Å². The Morgan fingerprint density at radius 2 is 2.14 bits per heavy atom. The van der Waals surface area contributed by atoms with Gasteiger partial charge in [0.15, 0.2) is 0 Å². The molecule has 1 heterocycles. The number of hydrogen-bond donors (Lipinski definition) is 2. The van der Waals surface area contributed by atoms with Crippen LogP contribution in [-0.4, -0.2) is 17.9 Å². The fourth-order valence-corrected chi connectivity index (χ4v) is 2.12. The van der Waals surface area contributed by atoms with E-state index in [4.69, 9.17) is 5.41 Å². The number of nitrogens with one attached hydrogen (secondary N) is 2. The van der Waals surface area contributed by atoms with E-state index >= 15 is 0 Å². The number of carbonyl (C=O) groups excluding carboxylic acids is 1. The Kier molecular flexibility index (Phi) is 5.66. The Morgan fingerprint density at radius 3 is 2.57 bits per heavy atom. The highest BCUT2D eigenvalue weighted by Gasteiger charge is 2.35. The molecule has 0 bridgehead atoms. The fraction of sp³-hybridized carbons (Fsp3) is 0.143. The molecule has 1 amide bonds. The monoisotopic (exact) mass is 314 g/mol. The molecule has 112 valence electrons. The number of thiophene rings is 1. The summed E-state index contributed by atoms with van der Waals surface area (Å²) in [6, 6.07) is 3.26. The summed E-state index contributed by atoms with van der Waals surface area (Å²) < 4.78 is 38.8. The Hall–Kier alpha value is -2.15. The van der Waals surface area contributed by atoms with E-state index in [-0.39, 0.29) is 5.84 Å². The van der Waals surface area contributed by atoms with E-state index in [1.54, 1.807) is 17.5 Å². The van der Waals surface area contributed by atoms with E-state index in [0.29, 0.717) is 4.88 Å². The van der Waals surface area contributed by atoms with Crippen LogP contribution in [0.2, 0.25) is 0 Å². The van der Waals surface area contributed by atoms with Gasteiger partial charge in [-0.3, -0.25) is 10.2 Å². The Morgan fingerprint density at radius 1 is 1.48 bits per heavy atom. The quantitative estimate of drug-likeness (QED) is 0.377. The van der Waals surface area contributed by atoms with Crippen molar-refractivity contribution in [3.05, 3.63) is 58.3 Å². The van der Waals surface area contributed by atoms with Crippen molar-refractivity contribution in [2.24, 2.45) is 0 Å². The van der Waals surface area contributed by atoms with Crippen LogP contribution in [0, 0.1) is 5.41 Å². The van der Waals surface area contributed by atoms with Gasteiger partial charge in [-0.2, -0.15) is 13.2 Å². The highest BCUT2D eigenvalue weighted by Crippen LogP contribution is 2.30. The average Bonchev–Trinajstić information content (AvgIpc) is 2.91. The lowest BCUT2D eigenvalue weighted by Crippen LogP contribution is -2.32. The molecule has 0 aliphatic carbocycles. The van der Waals surface area contributed by atoms with E-state index in [9.17, 15) is 18.0 Å². The van der Waals surface area contributed by atoms with E-state index in [2.05, 4.69) is 11.9 Å². The number of hydrogen-bond acceptors (Lipinski definition) is 3. The lowest BCUT2D eigenvalue weighted by molar-refractivity contribution is -0.117. The van der Waals surface area contributed by atoms with Crippen molar-refractivity contribution in [1.82, 2.24) is 5.32 Å². The summed E-state index contributed by atoms with van der Waals surface area (Å²) in [5, 5.41) is 11.5. The Labute approximate surface area is 124 Å². The summed E-state index contributed by atoms with van der Waals surface area (Å²) in [6.07, 6.45) is -1.87. The first-order valence-electron chi connectivity index (χ1n) is 5.81. The molecule has 0 saturated carbocycles. The molecule has 7 heteroatoms. The Bertz CT molecular complexity index is 598. The standard InChI is InChI=1S/C14H13F3N2OS/c1-3-6-10(14(15,16)17)9(4-2)13(20)19-12(18)11-7-5-8-21-11/h3-8H,2H2,1H3,(H2,18,19,20)/b6-3-,10-9-. The van der Waals surface area contributed by atoms with Crippen molar-refractivity contribution in [2.75, 3.05) is 0 Å². The van der Waals surface area contributed by atoms with Crippen LogP contribution in [0.4, 0.5) is 13.2 Å². The van der Waals surface area contributed by atoms with E-state index in [1.807, 2.05) is 0 Å². The molecule has 0 aliphatic rings. The van der Waals surface area contributed by atoms with Gasteiger partial charge in [0.1, 0.15) is 5.84 Å². The van der Waals surface area contributed by atoms with Crippen molar-refractivity contribution < 1.29 is 18.0 Å². The molecule has 1 aromatic rings. The number of alkyl halides is 3. The van der Waals surface area contributed by atoms with Gasteiger partial charge in [0, 0.05) is 0 Å². The zero-order valence-corrected chi connectivity index (χ0v) is 11.9. The third-order valence-electron chi connectivity index (χ3n) is 2.38. The van der Waals surface area contributed by atoms with Crippen molar-refractivity contribution in [3.8, 4) is 0 Å². The molecular formula is C14H13F3N2OS. The van der Waals surface area contributed by atoms with Crippen LogP contribution >= 0.6 is 11.3 Å². The smallest absolute Gasteiger partial charge is 0.306 e. The zero-order chi connectivity index (χ0) is 16.0. The number of amides is 1. The second-order valence-electron chi connectivity index (χ2n) is 3.84. The maximum absolute atomic E-state index is 12.9. The van der Waals surface area contributed by atoms with Crippen LogP contribution in [0.3, 0.4) is 0 Å². The molecule has 1 aromatic heterocycles. The first-order valence-corrected chi connectivity index (χ1v) is 6.69. The van der Waals surface area contributed by atoms with E-state index in [1.165, 1.54) is 24.3 Å². The average molecular weight is 314 g/mol. The van der Waals surface area contributed by atoms with Crippen LogP contribution in [-0.2, 0) is 4.79 Å². The summed E-state index contributed by atoms with van der Waals surface area (Å²) in [5.41, 5.74) is -1.72. The number of carbonyl (C=O) groups is 1. The van der Waals surface area contributed by atoms with Gasteiger partial charge in [-0.1, -0.05) is 30.9 Å². The summed E-state index contributed by atoms with van der Waals surface area (Å²) in [7, 11) is 0. The molecule has 0 radical (unpaired) electrons. The summed E-state index contributed by atoms with van der Waals surface area (Å²) in [6.45, 7) is 4.66. The maximum atomic E-state index is 12.9. The number of allylic oxidation sites excluding steroid dienone is 3. The van der Waals surface area contributed by atoms with Crippen LogP contribution < -0.4 is 5.32 Å². The van der Waals surface area contributed by atoms with Gasteiger partial charge < -0.3 is 5.32 Å². The fourth-order valence-electron chi connectivity index (χ4n) is 1.49. The van der Waals surface area contributed by atoms with Gasteiger partial charge in [-0.05, 0) is 18.4 Å². The lowest BCUT2D eigenvalue weighted by Gasteiger charge is -2.13. The van der Waals surface area contributed by atoms with Crippen molar-refractivity contribution in [1.29, 1.82) is 5.41 Å². The number of amidine groups is 1. The molecule has 2 N–H and O–H groups in total. The van der Waals surface area contributed by atoms with Gasteiger partial charge in [0.25, 0.3) is 5.91 Å². The predicted molar refractivity (Wildman–Crippen MR) is 77.4 cm³/mol. The highest BCUT2D eigenvalue weighted by molar-refractivity contribution is 7.12. The molecule has 0 unspecified atom stereocenters. The van der Waals surface area contributed by atoms with Crippen LogP contribution in [0.15, 0.2) is 53.5 Å². The minimum absolute atomic E-state index is 0.253. The highest BCUT2D eigenvalue weighted by atomic mass is 32.1. The minimum Gasteiger partial charge on any atom is -0.306 e. The first-order chi connectivity index (χ1) is 9.81. The number of halogens is 3. The molecule has 21 heavy (non-hydrogen) atoms. The molecule has 0 fully saturated rings. The molecule has 0 aliphatic heterocycles. The van der Waals surface area contributed by atoms with Gasteiger partial charge in [0.2, 0.25) is 0 Å². The van der Waals surface area contributed by atoms with Crippen LogP contribution in [0.25, 0.3) is 0 Å². The zero-order valence-electron chi connectivity index (χ0n) is 11.1. The maximum Gasteiger partial charge on any atom is 0.417 e. The van der Waals surface area contributed by atoms with Gasteiger partial charge >= 0.3 is 6.18 Å². The third-order valence-corrected chi connectivity index (χ3v) is 3.27. The first kappa shape index (κ1) is 16.9. The largest absolute Gasteiger partial charge is 0.417 e. The summed E-state index contributed by atoms with van der Waals surface area (Å²) >= 11 is 1.20. The minimum atomic E-state index is -4.68. The van der Waals surface area contributed by atoms with Gasteiger partial charge in [0.05, 0.1) is 16.0 Å². The predicted octanol–water partition coefficient (Wildman–Crippen LogP) is 3.81. The van der Waals surface area contributed by atoms with Crippen LogP contribution in [0.5, 0.6) is 0 Å². The van der Waals surface area contributed by atoms with Crippen LogP contribution in [0.1, 0.15) is 11.8 Å². The molecule has 3 nitrogen and oxygen atoms in total. The number of rotatable bonds is 4. The SMILES string of the molecule is C=C/C(C(=O)NC(=N)c1cccs1)=C(\C=C/C)C(F)(F)F. The molecular weight excluding hydrogens is 301 g/mol. The molecule has 0 saturated heterocycles. The summed E-state index contributed by atoms with van der Waals surface area (Å²) in [5.74, 6) is -1.27. The molecule has 0 atom stereocenters. The van der Waals surface area contributed by atoms with Gasteiger partial charge in [-0.15, -0.1) is 11.3 Å². The summed E-state index contributed by atoms with van der Waals surface area (Å²) in [4.78, 5) is 12.4. The van der Waals surface area contributed by atoms with Gasteiger partial charge in [-0.25, -0.2) is 0 Å². The van der Waals surface area contributed by atoms with E-state index in [0.717, 1.165) is 12.2 Å². The second kappa shape index (κ2) is 7.03. The topological polar surface area (TPSA) is 53.0 Å². The third kappa shape index (κ3) is 4.42.